The number of hydrogen-bond acceptors (Lipinski definition) is 5. The second-order valence-corrected chi connectivity index (χ2v) is 8.70. The molecule has 0 unspecified atom stereocenters. The summed E-state index contributed by atoms with van der Waals surface area (Å²) in [6, 6.07) is 10.7. The molecule has 2 aliphatic rings. The number of anilines is 1. The molecule has 1 aromatic carbocycles. The highest BCUT2D eigenvalue weighted by Gasteiger charge is 2.59. The largest absolute Gasteiger partial charge is 0.342 e. The van der Waals surface area contributed by atoms with Crippen molar-refractivity contribution in [2.24, 2.45) is 18.9 Å². The van der Waals surface area contributed by atoms with E-state index in [1.807, 2.05) is 48.0 Å². The number of pyridine rings is 1. The molecule has 3 aromatic rings. The Bertz CT molecular complexity index is 1240. The molecular weight excluding hydrogens is 409 g/mol. The van der Waals surface area contributed by atoms with E-state index in [1.54, 1.807) is 7.05 Å². The van der Waals surface area contributed by atoms with Crippen LogP contribution in [0.3, 0.4) is 0 Å². The van der Waals surface area contributed by atoms with Crippen LogP contribution in [-0.2, 0) is 7.05 Å². The SMILES string of the molecule is Cc1ccc(C(=O)N2C[C@@H]3[C@H](C2)[C@@H]3N(C)c2nc(-c3ccncc3F)cc(=O)n2C)cc1. The third-order valence-electron chi connectivity index (χ3n) is 6.66. The molecule has 0 radical (unpaired) electrons. The van der Waals surface area contributed by atoms with Gasteiger partial charge < -0.3 is 9.80 Å². The smallest absolute Gasteiger partial charge is 0.255 e. The number of amides is 1. The Balaban J connectivity index is 1.34. The molecule has 2 fully saturated rings. The van der Waals surface area contributed by atoms with E-state index in [1.165, 1.54) is 22.9 Å². The Morgan fingerprint density at radius 2 is 1.84 bits per heavy atom. The van der Waals surface area contributed by atoms with Gasteiger partial charge in [0.05, 0.1) is 11.9 Å². The summed E-state index contributed by atoms with van der Waals surface area (Å²) in [5.74, 6) is 0.675. The molecular formula is C24H24FN5O2. The first-order chi connectivity index (χ1) is 15.3. The minimum absolute atomic E-state index is 0.0549. The summed E-state index contributed by atoms with van der Waals surface area (Å²) in [5, 5.41) is 0. The Morgan fingerprint density at radius 3 is 2.50 bits per heavy atom. The van der Waals surface area contributed by atoms with Gasteiger partial charge in [-0.3, -0.25) is 19.1 Å². The van der Waals surface area contributed by atoms with E-state index in [2.05, 4.69) is 9.97 Å². The van der Waals surface area contributed by atoms with E-state index >= 15 is 0 Å². The molecule has 164 valence electrons. The summed E-state index contributed by atoms with van der Waals surface area (Å²) in [4.78, 5) is 37.6. The molecule has 1 amide bonds. The Kier molecular flexibility index (Phi) is 4.80. The molecule has 1 saturated heterocycles. The lowest BCUT2D eigenvalue weighted by molar-refractivity contribution is 0.0772. The van der Waals surface area contributed by atoms with Crippen LogP contribution in [0.4, 0.5) is 10.3 Å². The minimum atomic E-state index is -0.518. The molecule has 8 heteroatoms. The van der Waals surface area contributed by atoms with E-state index in [-0.39, 0.29) is 28.8 Å². The topological polar surface area (TPSA) is 71.3 Å². The molecule has 32 heavy (non-hydrogen) atoms. The Morgan fingerprint density at radius 1 is 1.16 bits per heavy atom. The molecule has 0 spiro atoms. The number of nitrogens with zero attached hydrogens (tertiary/aromatic N) is 5. The molecule has 1 saturated carbocycles. The number of fused-ring (bicyclic) bond motifs is 1. The standard InChI is InChI=1S/C24H24FN5O2/c1-14-4-6-15(7-5-14)23(32)30-12-17-18(13-30)22(17)29(3)24-27-20(10-21(31)28(24)2)16-8-9-26-11-19(16)25/h4-11,17-18,22H,12-13H2,1-3H3/t17-,18+,22-. The molecule has 0 bridgehead atoms. The van der Waals surface area contributed by atoms with Gasteiger partial charge in [0.15, 0.2) is 5.82 Å². The average molecular weight is 433 g/mol. The van der Waals surface area contributed by atoms with Crippen molar-refractivity contribution >= 4 is 11.9 Å². The van der Waals surface area contributed by atoms with Gasteiger partial charge in [-0.15, -0.1) is 0 Å². The lowest BCUT2D eigenvalue weighted by Crippen LogP contribution is -2.38. The van der Waals surface area contributed by atoms with Gasteiger partial charge in [0.2, 0.25) is 5.95 Å². The number of aromatic nitrogens is 3. The number of benzene rings is 1. The van der Waals surface area contributed by atoms with Crippen molar-refractivity contribution in [2.75, 3.05) is 25.0 Å². The second-order valence-electron chi connectivity index (χ2n) is 8.70. The van der Waals surface area contributed by atoms with Crippen molar-refractivity contribution in [3.63, 3.8) is 0 Å². The van der Waals surface area contributed by atoms with Crippen LogP contribution >= 0.6 is 0 Å². The van der Waals surface area contributed by atoms with Gasteiger partial charge in [0.25, 0.3) is 11.5 Å². The Hall–Kier alpha value is -3.55. The normalized spacial score (nSPS) is 21.4. The van der Waals surface area contributed by atoms with Crippen molar-refractivity contribution in [1.82, 2.24) is 19.4 Å². The van der Waals surface area contributed by atoms with Crippen LogP contribution < -0.4 is 10.5 Å². The molecule has 2 aromatic heterocycles. The van der Waals surface area contributed by atoms with Gasteiger partial charge in [-0.25, -0.2) is 9.37 Å². The summed E-state index contributed by atoms with van der Waals surface area (Å²) in [6.45, 7) is 3.36. The van der Waals surface area contributed by atoms with Crippen LogP contribution in [0.2, 0.25) is 0 Å². The van der Waals surface area contributed by atoms with Crippen molar-refractivity contribution in [3.05, 3.63) is 76.1 Å². The summed E-state index contributed by atoms with van der Waals surface area (Å²) < 4.78 is 15.7. The first-order valence-electron chi connectivity index (χ1n) is 10.6. The zero-order valence-corrected chi connectivity index (χ0v) is 18.2. The number of piperidine rings is 1. The first-order valence-corrected chi connectivity index (χ1v) is 10.6. The van der Waals surface area contributed by atoms with Crippen LogP contribution in [0.25, 0.3) is 11.3 Å². The maximum atomic E-state index is 14.2. The number of likely N-dealkylation sites (tertiary alicyclic amines) is 1. The number of hydrogen-bond donors (Lipinski definition) is 0. The zero-order chi connectivity index (χ0) is 22.6. The molecule has 3 heterocycles. The number of aryl methyl sites for hydroxylation is 1. The molecule has 0 N–H and O–H groups in total. The molecule has 1 aliphatic carbocycles. The van der Waals surface area contributed by atoms with Crippen molar-refractivity contribution in [3.8, 4) is 11.3 Å². The number of rotatable bonds is 4. The highest BCUT2D eigenvalue weighted by Crippen LogP contribution is 2.49. The fourth-order valence-electron chi connectivity index (χ4n) is 4.81. The molecule has 5 rings (SSSR count). The first kappa shape index (κ1) is 20.4. The van der Waals surface area contributed by atoms with Gasteiger partial charge in [0.1, 0.15) is 0 Å². The van der Waals surface area contributed by atoms with Crippen LogP contribution in [-0.4, -0.2) is 51.5 Å². The van der Waals surface area contributed by atoms with E-state index in [0.29, 0.717) is 36.4 Å². The van der Waals surface area contributed by atoms with Gasteiger partial charge in [0, 0.05) is 68.5 Å². The summed E-state index contributed by atoms with van der Waals surface area (Å²) >= 11 is 0. The van der Waals surface area contributed by atoms with E-state index in [4.69, 9.17) is 0 Å². The van der Waals surface area contributed by atoms with Crippen molar-refractivity contribution < 1.29 is 9.18 Å². The van der Waals surface area contributed by atoms with E-state index in [9.17, 15) is 14.0 Å². The van der Waals surface area contributed by atoms with Gasteiger partial charge in [-0.1, -0.05) is 17.7 Å². The number of halogens is 1. The summed E-state index contributed by atoms with van der Waals surface area (Å²) in [6.07, 6.45) is 2.59. The lowest BCUT2D eigenvalue weighted by Gasteiger charge is -2.26. The monoisotopic (exact) mass is 433 g/mol. The zero-order valence-electron chi connectivity index (χ0n) is 18.2. The minimum Gasteiger partial charge on any atom is -0.342 e. The van der Waals surface area contributed by atoms with Crippen LogP contribution in [0.15, 0.2) is 53.6 Å². The summed E-state index contributed by atoms with van der Waals surface area (Å²) in [5.41, 5.74) is 2.11. The average Bonchev–Trinajstić information content (AvgIpc) is 3.28. The third kappa shape index (κ3) is 3.36. The number of carbonyl (C=O) groups is 1. The number of carbonyl (C=O) groups excluding carboxylic acids is 1. The van der Waals surface area contributed by atoms with E-state index in [0.717, 1.165) is 11.8 Å². The second kappa shape index (κ2) is 7.55. The highest BCUT2D eigenvalue weighted by atomic mass is 19.1. The molecule has 1 aliphatic heterocycles. The van der Waals surface area contributed by atoms with Crippen molar-refractivity contribution in [2.45, 2.75) is 13.0 Å². The van der Waals surface area contributed by atoms with Gasteiger partial charge >= 0.3 is 0 Å². The fraction of sp³-hybridized carbons (Fsp3) is 0.333. The summed E-state index contributed by atoms with van der Waals surface area (Å²) in [7, 11) is 3.57. The van der Waals surface area contributed by atoms with Crippen LogP contribution in [0.1, 0.15) is 15.9 Å². The third-order valence-corrected chi connectivity index (χ3v) is 6.66. The van der Waals surface area contributed by atoms with Crippen LogP contribution in [0, 0.1) is 24.6 Å². The quantitative estimate of drug-likeness (QED) is 0.632. The van der Waals surface area contributed by atoms with E-state index < -0.39 is 5.82 Å². The predicted molar refractivity (Wildman–Crippen MR) is 119 cm³/mol. The highest BCUT2D eigenvalue weighted by molar-refractivity contribution is 5.94. The Labute approximate surface area is 185 Å². The predicted octanol–water partition coefficient (Wildman–Crippen LogP) is 2.50. The lowest BCUT2D eigenvalue weighted by atomic mass is 10.1. The molecule has 7 nitrogen and oxygen atoms in total. The maximum Gasteiger partial charge on any atom is 0.255 e. The fourth-order valence-corrected chi connectivity index (χ4v) is 4.81. The van der Waals surface area contributed by atoms with Gasteiger partial charge in [-0.2, -0.15) is 0 Å². The van der Waals surface area contributed by atoms with Crippen LogP contribution in [0.5, 0.6) is 0 Å². The van der Waals surface area contributed by atoms with Gasteiger partial charge in [-0.05, 0) is 25.1 Å². The molecule has 3 atom stereocenters. The van der Waals surface area contributed by atoms with Crippen molar-refractivity contribution in [1.29, 1.82) is 0 Å². The maximum absolute atomic E-state index is 14.2.